The number of halogens is 2. The summed E-state index contributed by atoms with van der Waals surface area (Å²) < 4.78 is 13.2. The maximum Gasteiger partial charge on any atom is 0.174 e. The molecule has 1 aromatic rings. The molecule has 0 aliphatic heterocycles. The second kappa shape index (κ2) is 3.12. The van der Waals surface area contributed by atoms with Gasteiger partial charge < -0.3 is 0 Å². The van der Waals surface area contributed by atoms with Crippen molar-refractivity contribution in [1.29, 1.82) is 0 Å². The molecular formula is C7H7BrFN. The molecule has 1 aromatic carbocycles. The van der Waals surface area contributed by atoms with Crippen LogP contribution in [0.1, 0.15) is 11.9 Å². The van der Waals surface area contributed by atoms with E-state index in [1.165, 1.54) is 0 Å². The van der Waals surface area contributed by atoms with Crippen LogP contribution in [0.3, 0.4) is 0 Å². The van der Waals surface area contributed by atoms with E-state index in [1.807, 2.05) is 6.07 Å². The fourth-order valence-corrected chi connectivity index (χ4v) is 1.10. The lowest BCUT2D eigenvalue weighted by atomic mass is 10.2. The van der Waals surface area contributed by atoms with Gasteiger partial charge >= 0.3 is 0 Å². The van der Waals surface area contributed by atoms with Crippen LogP contribution < -0.4 is 5.73 Å². The van der Waals surface area contributed by atoms with Crippen molar-refractivity contribution in [2.75, 3.05) is 0 Å². The Balaban J connectivity index is 2.96. The Morgan fingerprint density at radius 1 is 1.50 bits per heavy atom. The lowest BCUT2D eigenvalue weighted by molar-refractivity contribution is 0.356. The molecule has 0 aromatic heterocycles. The van der Waals surface area contributed by atoms with Crippen molar-refractivity contribution in [1.82, 2.24) is 0 Å². The Morgan fingerprint density at radius 3 is 2.60 bits per heavy atom. The zero-order valence-electron chi connectivity index (χ0n) is 5.22. The Hall–Kier alpha value is -0.410. The predicted octanol–water partition coefficient (Wildman–Crippen LogP) is 2.38. The second-order valence-electron chi connectivity index (χ2n) is 1.96. The summed E-state index contributed by atoms with van der Waals surface area (Å²) in [5.74, 6) is 0. The van der Waals surface area contributed by atoms with Crippen LogP contribution in [-0.2, 0) is 0 Å². The number of hydrogen-bond acceptors (Lipinski definition) is 1. The SMILES string of the molecule is NC(F)c1cccc(Br)c1. The van der Waals surface area contributed by atoms with Crippen LogP contribution in [0.25, 0.3) is 0 Å². The predicted molar refractivity (Wildman–Crippen MR) is 42.2 cm³/mol. The van der Waals surface area contributed by atoms with Crippen LogP contribution in [-0.4, -0.2) is 0 Å². The van der Waals surface area contributed by atoms with Crippen molar-refractivity contribution < 1.29 is 4.39 Å². The van der Waals surface area contributed by atoms with E-state index in [0.717, 1.165) is 4.47 Å². The average Bonchev–Trinajstić information content (AvgIpc) is 1.88. The lowest BCUT2D eigenvalue weighted by Gasteiger charge is -2.00. The number of rotatable bonds is 1. The van der Waals surface area contributed by atoms with Gasteiger partial charge in [-0.1, -0.05) is 28.1 Å². The highest BCUT2D eigenvalue weighted by atomic mass is 79.9. The monoisotopic (exact) mass is 203 g/mol. The van der Waals surface area contributed by atoms with Crippen molar-refractivity contribution in [3.63, 3.8) is 0 Å². The molecular weight excluding hydrogens is 197 g/mol. The van der Waals surface area contributed by atoms with Gasteiger partial charge in [0, 0.05) is 10.0 Å². The summed E-state index contributed by atoms with van der Waals surface area (Å²) in [5, 5.41) is 0. The topological polar surface area (TPSA) is 26.0 Å². The van der Waals surface area contributed by atoms with E-state index < -0.39 is 6.30 Å². The quantitative estimate of drug-likeness (QED) is 0.698. The first-order valence-electron chi connectivity index (χ1n) is 2.85. The summed E-state index contributed by atoms with van der Waals surface area (Å²) in [4.78, 5) is 0. The maximum absolute atomic E-state index is 12.4. The number of alkyl halides is 1. The van der Waals surface area contributed by atoms with Crippen LogP contribution in [0.2, 0.25) is 0 Å². The summed E-state index contributed by atoms with van der Waals surface area (Å²) in [6, 6.07) is 6.88. The van der Waals surface area contributed by atoms with E-state index in [2.05, 4.69) is 15.9 Å². The van der Waals surface area contributed by atoms with Gasteiger partial charge in [0.05, 0.1) is 0 Å². The summed E-state index contributed by atoms with van der Waals surface area (Å²) >= 11 is 3.21. The van der Waals surface area contributed by atoms with Gasteiger partial charge in [-0.25, -0.2) is 4.39 Å². The first kappa shape index (κ1) is 7.69. The van der Waals surface area contributed by atoms with E-state index in [9.17, 15) is 4.39 Å². The smallest absolute Gasteiger partial charge is 0.174 e. The molecule has 0 bridgehead atoms. The van der Waals surface area contributed by atoms with Gasteiger partial charge in [0.25, 0.3) is 0 Å². The van der Waals surface area contributed by atoms with E-state index in [4.69, 9.17) is 5.73 Å². The summed E-state index contributed by atoms with van der Waals surface area (Å²) in [5.41, 5.74) is 5.49. The fourth-order valence-electron chi connectivity index (χ4n) is 0.678. The third-order valence-electron chi connectivity index (χ3n) is 1.17. The van der Waals surface area contributed by atoms with Crippen LogP contribution in [0, 0.1) is 0 Å². The normalized spacial score (nSPS) is 13.1. The van der Waals surface area contributed by atoms with Crippen LogP contribution >= 0.6 is 15.9 Å². The number of nitrogens with two attached hydrogens (primary N) is 1. The molecule has 1 rings (SSSR count). The van der Waals surface area contributed by atoms with Crippen molar-refractivity contribution >= 4 is 15.9 Å². The van der Waals surface area contributed by atoms with E-state index in [-0.39, 0.29) is 0 Å². The van der Waals surface area contributed by atoms with Crippen molar-refractivity contribution in [3.05, 3.63) is 34.3 Å². The largest absolute Gasteiger partial charge is 0.298 e. The molecule has 1 nitrogen and oxygen atoms in total. The Labute approximate surface area is 67.2 Å². The molecule has 54 valence electrons. The van der Waals surface area contributed by atoms with Gasteiger partial charge in [-0.2, -0.15) is 0 Å². The molecule has 0 spiro atoms. The minimum Gasteiger partial charge on any atom is -0.298 e. The fraction of sp³-hybridized carbons (Fsp3) is 0.143. The summed E-state index contributed by atoms with van der Waals surface area (Å²) in [6.45, 7) is 0. The molecule has 0 fully saturated rings. The van der Waals surface area contributed by atoms with Gasteiger partial charge in [-0.3, -0.25) is 5.73 Å². The third kappa shape index (κ3) is 1.78. The van der Waals surface area contributed by atoms with E-state index >= 15 is 0 Å². The molecule has 0 saturated carbocycles. The van der Waals surface area contributed by atoms with E-state index in [0.29, 0.717) is 5.56 Å². The van der Waals surface area contributed by atoms with Gasteiger partial charge in [-0.15, -0.1) is 0 Å². The zero-order valence-corrected chi connectivity index (χ0v) is 6.81. The van der Waals surface area contributed by atoms with Gasteiger partial charge in [0.2, 0.25) is 0 Å². The first-order chi connectivity index (χ1) is 4.70. The Morgan fingerprint density at radius 2 is 2.20 bits per heavy atom. The van der Waals surface area contributed by atoms with E-state index in [1.54, 1.807) is 18.2 Å². The maximum atomic E-state index is 12.4. The van der Waals surface area contributed by atoms with Crippen molar-refractivity contribution in [2.45, 2.75) is 6.30 Å². The Bertz CT molecular complexity index is 225. The minimum atomic E-state index is -1.38. The van der Waals surface area contributed by atoms with Crippen molar-refractivity contribution in [3.8, 4) is 0 Å². The molecule has 0 heterocycles. The standard InChI is InChI=1S/C7H7BrFN/c8-6-3-1-2-5(4-6)7(9)10/h1-4,7H,10H2. The minimum absolute atomic E-state index is 0.495. The highest BCUT2D eigenvalue weighted by Crippen LogP contribution is 2.16. The van der Waals surface area contributed by atoms with Gasteiger partial charge in [0.15, 0.2) is 6.30 Å². The molecule has 10 heavy (non-hydrogen) atoms. The second-order valence-corrected chi connectivity index (χ2v) is 2.87. The summed E-state index contributed by atoms with van der Waals surface area (Å²) in [7, 11) is 0. The lowest BCUT2D eigenvalue weighted by Crippen LogP contribution is -2.02. The average molecular weight is 204 g/mol. The van der Waals surface area contributed by atoms with Gasteiger partial charge in [-0.05, 0) is 12.1 Å². The molecule has 2 N–H and O–H groups in total. The number of benzene rings is 1. The molecule has 1 atom stereocenters. The highest BCUT2D eigenvalue weighted by Gasteiger charge is 2.01. The molecule has 0 aliphatic rings. The number of hydrogen-bond donors (Lipinski definition) is 1. The third-order valence-corrected chi connectivity index (χ3v) is 1.66. The van der Waals surface area contributed by atoms with Crippen molar-refractivity contribution in [2.24, 2.45) is 5.73 Å². The molecule has 0 amide bonds. The Kier molecular flexibility index (Phi) is 2.40. The van der Waals surface area contributed by atoms with Crippen LogP contribution in [0.5, 0.6) is 0 Å². The molecule has 3 heteroatoms. The molecule has 1 unspecified atom stereocenters. The highest BCUT2D eigenvalue weighted by molar-refractivity contribution is 9.10. The van der Waals surface area contributed by atoms with Crippen LogP contribution in [0.15, 0.2) is 28.7 Å². The zero-order chi connectivity index (χ0) is 7.56. The summed E-state index contributed by atoms with van der Waals surface area (Å²) in [6.07, 6.45) is -1.38. The molecule has 0 aliphatic carbocycles. The van der Waals surface area contributed by atoms with Crippen LogP contribution in [0.4, 0.5) is 4.39 Å². The van der Waals surface area contributed by atoms with Gasteiger partial charge in [0.1, 0.15) is 0 Å². The molecule has 0 radical (unpaired) electrons. The molecule has 0 saturated heterocycles. The first-order valence-corrected chi connectivity index (χ1v) is 3.64.